The molecule has 1 aromatic heterocycles. The lowest BCUT2D eigenvalue weighted by Crippen LogP contribution is -2.20. The Labute approximate surface area is 117 Å². The number of carbonyl (C=O) groups excluding carboxylic acids is 1. The van der Waals surface area contributed by atoms with Gasteiger partial charge in [0.15, 0.2) is 5.16 Å². The van der Waals surface area contributed by atoms with Crippen molar-refractivity contribution < 1.29 is 4.79 Å². The molecule has 0 aliphatic rings. The second-order valence-electron chi connectivity index (χ2n) is 4.33. The topological polar surface area (TPSA) is 46.9 Å². The van der Waals surface area contributed by atoms with Crippen LogP contribution in [0.15, 0.2) is 35.7 Å². The quantitative estimate of drug-likeness (QED) is 0.871. The Morgan fingerprint density at radius 3 is 2.89 bits per heavy atom. The predicted octanol–water partition coefficient (Wildman–Crippen LogP) is 2.33. The molecule has 0 bridgehead atoms. The number of aryl methyl sites for hydroxylation is 2. The Hall–Kier alpha value is -1.75. The number of hydrogen-bond acceptors (Lipinski definition) is 3. The molecule has 1 aromatic carbocycles. The lowest BCUT2D eigenvalue weighted by atomic mass is 10.1. The zero-order valence-electron chi connectivity index (χ0n) is 11.3. The molecular weight excluding hydrogens is 258 g/mol. The second-order valence-corrected chi connectivity index (χ2v) is 5.27. The van der Waals surface area contributed by atoms with Crippen molar-refractivity contribution in [3.63, 3.8) is 0 Å². The van der Waals surface area contributed by atoms with Gasteiger partial charge in [-0.25, -0.2) is 4.98 Å². The molecule has 0 fully saturated rings. The minimum absolute atomic E-state index is 0.000165. The van der Waals surface area contributed by atoms with Crippen molar-refractivity contribution in [2.24, 2.45) is 0 Å². The zero-order valence-corrected chi connectivity index (χ0v) is 12.1. The summed E-state index contributed by atoms with van der Waals surface area (Å²) in [5, 5.41) is 3.44. The molecule has 0 saturated heterocycles. The van der Waals surface area contributed by atoms with Crippen LogP contribution in [0.1, 0.15) is 11.1 Å². The Morgan fingerprint density at radius 1 is 1.42 bits per heavy atom. The summed E-state index contributed by atoms with van der Waals surface area (Å²) >= 11 is 1.43. The molecule has 0 aliphatic carbocycles. The van der Waals surface area contributed by atoms with E-state index in [4.69, 9.17) is 0 Å². The molecule has 1 heterocycles. The summed E-state index contributed by atoms with van der Waals surface area (Å²) in [7, 11) is 1.64. The number of amides is 1. The third-order valence-corrected chi connectivity index (χ3v) is 3.80. The molecule has 0 aliphatic heterocycles. The number of benzene rings is 1. The van der Waals surface area contributed by atoms with Gasteiger partial charge in [0.25, 0.3) is 0 Å². The fourth-order valence-electron chi connectivity index (χ4n) is 1.86. The molecular formula is C14H17N3OS. The van der Waals surface area contributed by atoms with Crippen LogP contribution in [0.25, 0.3) is 5.69 Å². The highest BCUT2D eigenvalue weighted by Crippen LogP contribution is 2.23. The van der Waals surface area contributed by atoms with E-state index in [9.17, 15) is 4.79 Å². The van der Waals surface area contributed by atoms with Gasteiger partial charge in [0.2, 0.25) is 5.91 Å². The van der Waals surface area contributed by atoms with E-state index >= 15 is 0 Å². The summed E-state index contributed by atoms with van der Waals surface area (Å²) < 4.78 is 2.02. The van der Waals surface area contributed by atoms with Gasteiger partial charge in [-0.1, -0.05) is 29.5 Å². The Bertz CT molecular complexity index is 592. The molecule has 4 nitrogen and oxygen atoms in total. The van der Waals surface area contributed by atoms with Crippen LogP contribution in [0.3, 0.4) is 0 Å². The van der Waals surface area contributed by atoms with Crippen LogP contribution < -0.4 is 5.32 Å². The number of imidazole rings is 1. The molecule has 1 amide bonds. The summed E-state index contributed by atoms with van der Waals surface area (Å²) in [5.74, 6) is 0.374. The number of aromatic nitrogens is 2. The molecule has 5 heteroatoms. The molecule has 19 heavy (non-hydrogen) atoms. The van der Waals surface area contributed by atoms with E-state index in [0.29, 0.717) is 5.75 Å². The van der Waals surface area contributed by atoms with E-state index < -0.39 is 0 Å². The van der Waals surface area contributed by atoms with Gasteiger partial charge in [-0.05, 0) is 25.5 Å². The van der Waals surface area contributed by atoms with Crippen molar-refractivity contribution >= 4 is 17.7 Å². The molecule has 0 unspecified atom stereocenters. The van der Waals surface area contributed by atoms with Crippen molar-refractivity contribution in [1.82, 2.24) is 14.9 Å². The van der Waals surface area contributed by atoms with Gasteiger partial charge in [-0.2, -0.15) is 0 Å². The average Bonchev–Trinajstić information content (AvgIpc) is 2.84. The number of nitrogens with zero attached hydrogens (tertiary/aromatic N) is 2. The summed E-state index contributed by atoms with van der Waals surface area (Å²) in [5.41, 5.74) is 3.53. The zero-order chi connectivity index (χ0) is 13.8. The summed E-state index contributed by atoms with van der Waals surface area (Å²) in [4.78, 5) is 15.6. The number of rotatable bonds is 4. The molecule has 1 N–H and O–H groups in total. The van der Waals surface area contributed by atoms with E-state index in [-0.39, 0.29) is 5.91 Å². The van der Waals surface area contributed by atoms with Crippen molar-refractivity contribution in [1.29, 1.82) is 0 Å². The first-order chi connectivity index (χ1) is 9.11. The first-order valence-electron chi connectivity index (χ1n) is 6.06. The maximum atomic E-state index is 11.3. The van der Waals surface area contributed by atoms with Crippen molar-refractivity contribution in [3.05, 3.63) is 41.7 Å². The first-order valence-corrected chi connectivity index (χ1v) is 7.04. The van der Waals surface area contributed by atoms with Crippen LogP contribution in [0.2, 0.25) is 0 Å². The minimum Gasteiger partial charge on any atom is -0.358 e. The monoisotopic (exact) mass is 275 g/mol. The molecule has 0 radical (unpaired) electrons. The number of thioether (sulfide) groups is 1. The second kappa shape index (κ2) is 5.93. The predicted molar refractivity (Wildman–Crippen MR) is 77.8 cm³/mol. The van der Waals surface area contributed by atoms with Crippen LogP contribution >= 0.6 is 11.8 Å². The highest BCUT2D eigenvalue weighted by atomic mass is 32.2. The standard InChI is InChI=1S/C14H17N3OS/c1-10-4-5-12(11(2)8-10)17-7-6-16-14(17)19-9-13(18)15-3/h4-8H,9H2,1-3H3,(H,15,18). The molecule has 100 valence electrons. The van der Waals surface area contributed by atoms with Crippen LogP contribution in [0, 0.1) is 13.8 Å². The number of nitrogens with one attached hydrogen (secondary N) is 1. The Balaban J connectivity index is 2.26. The van der Waals surface area contributed by atoms with Crippen molar-refractivity contribution in [2.45, 2.75) is 19.0 Å². The largest absolute Gasteiger partial charge is 0.358 e. The van der Waals surface area contributed by atoms with Crippen molar-refractivity contribution in [3.8, 4) is 5.69 Å². The smallest absolute Gasteiger partial charge is 0.230 e. The number of carbonyl (C=O) groups is 1. The lowest BCUT2D eigenvalue weighted by molar-refractivity contribution is -0.118. The summed E-state index contributed by atoms with van der Waals surface area (Å²) in [6.07, 6.45) is 3.68. The number of hydrogen-bond donors (Lipinski definition) is 1. The van der Waals surface area contributed by atoms with Crippen LogP contribution in [-0.4, -0.2) is 28.3 Å². The highest BCUT2D eigenvalue weighted by molar-refractivity contribution is 7.99. The van der Waals surface area contributed by atoms with Crippen molar-refractivity contribution in [2.75, 3.05) is 12.8 Å². The molecule has 0 spiro atoms. The third-order valence-electron chi connectivity index (χ3n) is 2.83. The molecule has 0 atom stereocenters. The molecule has 2 aromatic rings. The normalized spacial score (nSPS) is 10.5. The van der Waals surface area contributed by atoms with E-state index in [1.807, 2.05) is 10.8 Å². The van der Waals surface area contributed by atoms with Gasteiger partial charge in [0.1, 0.15) is 0 Å². The first kappa shape index (κ1) is 13.7. The molecule has 0 saturated carbocycles. The van der Waals surface area contributed by atoms with Crippen LogP contribution in [-0.2, 0) is 4.79 Å². The fourth-order valence-corrected chi connectivity index (χ4v) is 2.70. The highest BCUT2D eigenvalue weighted by Gasteiger charge is 2.09. The van der Waals surface area contributed by atoms with Gasteiger partial charge >= 0.3 is 0 Å². The minimum atomic E-state index is 0.000165. The average molecular weight is 275 g/mol. The summed E-state index contributed by atoms with van der Waals surface area (Å²) in [6.45, 7) is 4.15. The van der Waals surface area contributed by atoms with Gasteiger partial charge in [0.05, 0.1) is 11.4 Å². The van der Waals surface area contributed by atoms with Gasteiger partial charge in [-0.3, -0.25) is 9.36 Å². The van der Waals surface area contributed by atoms with Crippen LogP contribution in [0.5, 0.6) is 0 Å². The van der Waals surface area contributed by atoms with E-state index in [1.165, 1.54) is 22.9 Å². The van der Waals surface area contributed by atoms with E-state index in [1.54, 1.807) is 13.2 Å². The Kier molecular flexibility index (Phi) is 4.27. The third kappa shape index (κ3) is 3.17. The van der Waals surface area contributed by atoms with Crippen LogP contribution in [0.4, 0.5) is 0 Å². The summed E-state index contributed by atoms with van der Waals surface area (Å²) in [6, 6.07) is 6.30. The van der Waals surface area contributed by atoms with Gasteiger partial charge in [-0.15, -0.1) is 0 Å². The van der Waals surface area contributed by atoms with E-state index in [2.05, 4.69) is 42.3 Å². The van der Waals surface area contributed by atoms with Gasteiger partial charge < -0.3 is 5.32 Å². The fraction of sp³-hybridized carbons (Fsp3) is 0.286. The lowest BCUT2D eigenvalue weighted by Gasteiger charge is -2.10. The van der Waals surface area contributed by atoms with E-state index in [0.717, 1.165) is 10.8 Å². The molecule has 2 rings (SSSR count). The maximum Gasteiger partial charge on any atom is 0.230 e. The van der Waals surface area contributed by atoms with Gasteiger partial charge in [0, 0.05) is 19.4 Å². The maximum absolute atomic E-state index is 11.3. The Morgan fingerprint density at radius 2 is 2.21 bits per heavy atom. The SMILES string of the molecule is CNC(=O)CSc1nccn1-c1ccc(C)cc1C.